The summed E-state index contributed by atoms with van der Waals surface area (Å²) in [5, 5.41) is 6.70. The van der Waals surface area contributed by atoms with E-state index in [0.29, 0.717) is 12.1 Å². The normalized spacial score (nSPS) is 18.3. The van der Waals surface area contributed by atoms with Crippen LogP contribution in [-0.4, -0.2) is 15.7 Å². The molecule has 4 nitrogen and oxygen atoms in total. The fraction of sp³-hybridized carbons (Fsp3) is 0.231. The van der Waals surface area contributed by atoms with Crippen molar-refractivity contribution in [3.8, 4) is 0 Å². The van der Waals surface area contributed by atoms with E-state index in [0.717, 1.165) is 11.3 Å². The predicted molar refractivity (Wildman–Crippen MR) is 64.7 cm³/mol. The van der Waals surface area contributed by atoms with Gasteiger partial charge in [-0.25, -0.2) is 4.39 Å². The second-order valence-electron chi connectivity index (χ2n) is 4.39. The van der Waals surface area contributed by atoms with Crippen LogP contribution in [0.5, 0.6) is 0 Å². The largest absolute Gasteiger partial charge is 0.323 e. The molecule has 2 aromatic rings. The van der Waals surface area contributed by atoms with E-state index in [1.54, 1.807) is 16.9 Å². The van der Waals surface area contributed by atoms with E-state index in [1.165, 1.54) is 6.07 Å². The minimum Gasteiger partial charge on any atom is -0.323 e. The number of hydrogen-bond acceptors (Lipinski definition) is 2. The number of aromatic nitrogens is 2. The lowest BCUT2D eigenvalue weighted by molar-refractivity contribution is -0.116. The zero-order valence-corrected chi connectivity index (χ0v) is 9.85. The van der Waals surface area contributed by atoms with Gasteiger partial charge in [0.2, 0.25) is 5.91 Å². The van der Waals surface area contributed by atoms with Gasteiger partial charge >= 0.3 is 0 Å². The highest BCUT2D eigenvalue weighted by atomic mass is 19.1. The summed E-state index contributed by atoms with van der Waals surface area (Å²) in [5.41, 5.74) is 2.01. The van der Waals surface area contributed by atoms with Gasteiger partial charge in [-0.15, -0.1) is 0 Å². The van der Waals surface area contributed by atoms with Crippen molar-refractivity contribution in [3.63, 3.8) is 0 Å². The predicted octanol–water partition coefficient (Wildman–Crippen LogP) is 2.03. The highest BCUT2D eigenvalue weighted by Gasteiger charge is 2.29. The number of nitrogens with one attached hydrogen (secondary N) is 1. The van der Waals surface area contributed by atoms with Crippen molar-refractivity contribution in [2.24, 2.45) is 7.05 Å². The third-order valence-corrected chi connectivity index (χ3v) is 3.29. The topological polar surface area (TPSA) is 46.9 Å². The van der Waals surface area contributed by atoms with E-state index < -0.39 is 5.82 Å². The Morgan fingerprint density at radius 3 is 3.00 bits per heavy atom. The molecule has 1 atom stereocenters. The Kier molecular flexibility index (Phi) is 2.40. The van der Waals surface area contributed by atoms with Crippen LogP contribution in [0, 0.1) is 5.82 Å². The number of rotatable bonds is 1. The lowest BCUT2D eigenvalue weighted by atomic mass is 9.88. The molecule has 1 N–H and O–H groups in total. The van der Waals surface area contributed by atoms with Crippen LogP contribution in [0.25, 0.3) is 0 Å². The van der Waals surface area contributed by atoms with Crippen LogP contribution >= 0.6 is 0 Å². The number of aryl methyl sites for hydroxylation is 1. The van der Waals surface area contributed by atoms with E-state index in [1.807, 2.05) is 19.2 Å². The van der Waals surface area contributed by atoms with Crippen molar-refractivity contribution in [2.75, 3.05) is 5.32 Å². The summed E-state index contributed by atoms with van der Waals surface area (Å²) < 4.78 is 15.4. The van der Waals surface area contributed by atoms with Gasteiger partial charge in [0, 0.05) is 31.3 Å². The number of benzene rings is 1. The minimum atomic E-state index is -0.396. The third-order valence-electron chi connectivity index (χ3n) is 3.29. The van der Waals surface area contributed by atoms with Crippen LogP contribution in [0.4, 0.5) is 10.1 Å². The van der Waals surface area contributed by atoms with E-state index in [4.69, 9.17) is 0 Å². The Bertz CT molecular complexity index is 620. The van der Waals surface area contributed by atoms with Crippen LogP contribution in [0.15, 0.2) is 30.5 Å². The van der Waals surface area contributed by atoms with Crippen molar-refractivity contribution in [3.05, 3.63) is 47.5 Å². The van der Waals surface area contributed by atoms with Gasteiger partial charge in [-0.05, 0) is 17.7 Å². The molecule has 1 aromatic carbocycles. The molecule has 92 valence electrons. The lowest BCUT2D eigenvalue weighted by Gasteiger charge is -2.25. The highest BCUT2D eigenvalue weighted by molar-refractivity contribution is 5.95. The van der Waals surface area contributed by atoms with Crippen molar-refractivity contribution in [2.45, 2.75) is 12.3 Å². The molecule has 0 radical (unpaired) electrons. The molecule has 1 amide bonds. The van der Waals surface area contributed by atoms with Gasteiger partial charge in [0.05, 0.1) is 5.69 Å². The van der Waals surface area contributed by atoms with Crippen LogP contribution in [0.2, 0.25) is 0 Å². The third kappa shape index (κ3) is 1.59. The van der Waals surface area contributed by atoms with Gasteiger partial charge in [-0.1, -0.05) is 12.1 Å². The summed E-state index contributed by atoms with van der Waals surface area (Å²) in [6.45, 7) is 0. The number of hydrogen-bond donors (Lipinski definition) is 1. The van der Waals surface area contributed by atoms with Gasteiger partial charge in [0.25, 0.3) is 0 Å². The Morgan fingerprint density at radius 2 is 2.28 bits per heavy atom. The standard InChI is InChI=1S/C13H12FN3O/c1-17-11(5-6-15-17)9-7-12(18)16-13-8(9)3-2-4-10(13)14/h2-6,9H,7H2,1H3,(H,16,18). The van der Waals surface area contributed by atoms with Gasteiger partial charge in [0.15, 0.2) is 0 Å². The Hall–Kier alpha value is -2.17. The maximum Gasteiger partial charge on any atom is 0.225 e. The molecular weight excluding hydrogens is 233 g/mol. The van der Waals surface area contributed by atoms with Gasteiger partial charge < -0.3 is 5.32 Å². The number of carbonyl (C=O) groups excluding carboxylic acids is 1. The second-order valence-corrected chi connectivity index (χ2v) is 4.39. The lowest BCUT2D eigenvalue weighted by Crippen LogP contribution is -2.25. The van der Waals surface area contributed by atoms with Gasteiger partial charge in [-0.3, -0.25) is 9.48 Å². The van der Waals surface area contributed by atoms with Gasteiger partial charge in [-0.2, -0.15) is 5.10 Å². The first-order chi connectivity index (χ1) is 8.66. The quantitative estimate of drug-likeness (QED) is 0.835. The smallest absolute Gasteiger partial charge is 0.225 e. The molecule has 0 aliphatic carbocycles. The number of nitrogens with zero attached hydrogens (tertiary/aromatic N) is 2. The molecule has 2 heterocycles. The van der Waals surface area contributed by atoms with Crippen LogP contribution in [0.3, 0.4) is 0 Å². The summed E-state index contributed by atoms with van der Waals surface area (Å²) >= 11 is 0. The Balaban J connectivity index is 2.16. The van der Waals surface area contributed by atoms with Crippen molar-refractivity contribution in [1.82, 2.24) is 9.78 Å². The first-order valence-corrected chi connectivity index (χ1v) is 5.73. The fourth-order valence-electron chi connectivity index (χ4n) is 2.44. The molecule has 1 aromatic heterocycles. The maximum absolute atomic E-state index is 13.7. The van der Waals surface area contributed by atoms with Crippen molar-refractivity contribution >= 4 is 11.6 Å². The highest BCUT2D eigenvalue weighted by Crippen LogP contribution is 2.37. The fourth-order valence-corrected chi connectivity index (χ4v) is 2.44. The number of amides is 1. The summed E-state index contributed by atoms with van der Waals surface area (Å²) in [6, 6.07) is 6.72. The molecular formula is C13H12FN3O. The molecule has 3 rings (SSSR count). The first kappa shape index (κ1) is 11.0. The molecule has 5 heteroatoms. The number of para-hydroxylation sites is 1. The molecule has 18 heavy (non-hydrogen) atoms. The molecule has 0 saturated carbocycles. The molecule has 1 aliphatic heterocycles. The first-order valence-electron chi connectivity index (χ1n) is 5.73. The monoisotopic (exact) mass is 245 g/mol. The average Bonchev–Trinajstić information content (AvgIpc) is 2.76. The van der Waals surface area contributed by atoms with E-state index in [2.05, 4.69) is 10.4 Å². The van der Waals surface area contributed by atoms with Crippen molar-refractivity contribution < 1.29 is 9.18 Å². The number of fused-ring (bicyclic) bond motifs is 1. The minimum absolute atomic E-state index is 0.142. The number of carbonyl (C=O) groups is 1. The summed E-state index contributed by atoms with van der Waals surface area (Å²) in [7, 11) is 1.82. The van der Waals surface area contributed by atoms with E-state index in [9.17, 15) is 9.18 Å². The molecule has 0 spiro atoms. The molecule has 0 fully saturated rings. The van der Waals surface area contributed by atoms with Crippen LogP contribution < -0.4 is 5.32 Å². The molecule has 1 unspecified atom stereocenters. The zero-order chi connectivity index (χ0) is 12.7. The SMILES string of the molecule is Cn1nccc1C1CC(=O)Nc2c(F)cccc21. The van der Waals surface area contributed by atoms with Gasteiger partial charge in [0.1, 0.15) is 5.82 Å². The molecule has 0 saturated heterocycles. The summed E-state index contributed by atoms with van der Waals surface area (Å²) in [6.07, 6.45) is 2.00. The maximum atomic E-state index is 13.7. The zero-order valence-electron chi connectivity index (χ0n) is 9.85. The Morgan fingerprint density at radius 1 is 1.44 bits per heavy atom. The van der Waals surface area contributed by atoms with E-state index >= 15 is 0 Å². The van der Waals surface area contributed by atoms with Crippen LogP contribution in [0.1, 0.15) is 23.6 Å². The second kappa shape index (κ2) is 3.94. The van der Waals surface area contributed by atoms with Crippen molar-refractivity contribution in [1.29, 1.82) is 0 Å². The number of halogens is 1. The number of anilines is 1. The summed E-state index contributed by atoms with van der Waals surface area (Å²) in [5.74, 6) is -0.705. The van der Waals surface area contributed by atoms with E-state index in [-0.39, 0.29) is 11.8 Å². The molecule has 1 aliphatic rings. The molecule has 0 bridgehead atoms. The van der Waals surface area contributed by atoms with Crippen LogP contribution in [-0.2, 0) is 11.8 Å². The average molecular weight is 245 g/mol. The Labute approximate surface area is 103 Å². The summed E-state index contributed by atoms with van der Waals surface area (Å²) in [4.78, 5) is 11.7.